The molecule has 2 heterocycles. The second-order valence-electron chi connectivity index (χ2n) is 6.87. The lowest BCUT2D eigenvalue weighted by atomic mass is 10.1. The lowest BCUT2D eigenvalue weighted by Gasteiger charge is -2.12. The van der Waals surface area contributed by atoms with Gasteiger partial charge in [-0.3, -0.25) is 4.79 Å². The van der Waals surface area contributed by atoms with Crippen LogP contribution in [0.3, 0.4) is 0 Å². The van der Waals surface area contributed by atoms with Crippen LogP contribution in [-0.2, 0) is 19.0 Å². The third-order valence-electron chi connectivity index (χ3n) is 5.04. The number of amides is 1. The minimum absolute atomic E-state index is 0.0387. The van der Waals surface area contributed by atoms with Gasteiger partial charge in [-0.15, -0.1) is 0 Å². The number of nitrogens with one attached hydrogen (secondary N) is 2. The number of hydrogen-bond acceptors (Lipinski definition) is 3. The third-order valence-corrected chi connectivity index (χ3v) is 5.36. The van der Waals surface area contributed by atoms with Crippen LogP contribution in [0.5, 0.6) is 0 Å². The van der Waals surface area contributed by atoms with Crippen molar-refractivity contribution in [2.45, 2.75) is 37.9 Å². The van der Waals surface area contributed by atoms with Crippen molar-refractivity contribution in [2.24, 2.45) is 0 Å². The van der Waals surface area contributed by atoms with E-state index in [1.165, 1.54) is 10.7 Å². The molecule has 1 aromatic heterocycles. The molecule has 144 valence electrons. The van der Waals surface area contributed by atoms with Gasteiger partial charge in [0, 0.05) is 23.8 Å². The molecular formula is C18H18ClF3N4O. The minimum Gasteiger partial charge on any atom is -0.347 e. The van der Waals surface area contributed by atoms with E-state index in [1.54, 1.807) is 0 Å². The van der Waals surface area contributed by atoms with Gasteiger partial charge in [-0.2, -0.15) is 18.3 Å². The van der Waals surface area contributed by atoms with Gasteiger partial charge >= 0.3 is 6.18 Å². The summed E-state index contributed by atoms with van der Waals surface area (Å²) in [6.07, 6.45) is -1.49. The number of benzene rings is 1. The monoisotopic (exact) mass is 398 g/mol. The number of aromatic nitrogens is 2. The SMILES string of the molecule is O=C(NC1CCNC1)c1nn(-c2cc(C(F)(F)F)ccc2Cl)c2c1CCC2. The molecule has 1 aliphatic carbocycles. The lowest BCUT2D eigenvalue weighted by Crippen LogP contribution is -2.36. The van der Waals surface area contributed by atoms with Gasteiger partial charge in [-0.05, 0) is 50.4 Å². The highest BCUT2D eigenvalue weighted by molar-refractivity contribution is 6.32. The Labute approximate surface area is 158 Å². The summed E-state index contributed by atoms with van der Waals surface area (Å²) in [5, 5.41) is 10.6. The van der Waals surface area contributed by atoms with Gasteiger partial charge in [0.05, 0.1) is 16.3 Å². The molecule has 0 spiro atoms. The normalized spacial score (nSPS) is 19.3. The smallest absolute Gasteiger partial charge is 0.347 e. The van der Waals surface area contributed by atoms with Gasteiger partial charge in [0.2, 0.25) is 0 Å². The second-order valence-corrected chi connectivity index (χ2v) is 7.27. The molecule has 2 aliphatic rings. The first-order valence-electron chi connectivity index (χ1n) is 8.84. The van der Waals surface area contributed by atoms with E-state index < -0.39 is 11.7 Å². The predicted molar refractivity (Wildman–Crippen MR) is 94.3 cm³/mol. The summed E-state index contributed by atoms with van der Waals surface area (Å²) in [5.41, 5.74) is 1.18. The molecule has 1 saturated heterocycles. The number of alkyl halides is 3. The largest absolute Gasteiger partial charge is 0.416 e. The summed E-state index contributed by atoms with van der Waals surface area (Å²) in [7, 11) is 0. The molecule has 0 saturated carbocycles. The quantitative estimate of drug-likeness (QED) is 0.835. The number of hydrogen-bond donors (Lipinski definition) is 2. The van der Waals surface area contributed by atoms with E-state index in [0.717, 1.165) is 42.8 Å². The van der Waals surface area contributed by atoms with Gasteiger partial charge in [0.25, 0.3) is 5.91 Å². The molecular weight excluding hydrogens is 381 g/mol. The molecule has 9 heteroatoms. The molecule has 4 rings (SSSR count). The highest BCUT2D eigenvalue weighted by atomic mass is 35.5. The summed E-state index contributed by atoms with van der Waals surface area (Å²) in [6, 6.07) is 3.18. The molecule has 1 fully saturated rings. The molecule has 2 aromatic rings. The molecule has 27 heavy (non-hydrogen) atoms. The van der Waals surface area contributed by atoms with Crippen molar-refractivity contribution >= 4 is 17.5 Å². The van der Waals surface area contributed by atoms with Crippen LogP contribution in [0.2, 0.25) is 5.02 Å². The first kappa shape index (κ1) is 18.3. The van der Waals surface area contributed by atoms with Crippen LogP contribution in [0.25, 0.3) is 5.69 Å². The van der Waals surface area contributed by atoms with Crippen LogP contribution in [-0.4, -0.2) is 34.8 Å². The minimum atomic E-state index is -4.48. The van der Waals surface area contributed by atoms with E-state index in [-0.39, 0.29) is 28.4 Å². The zero-order chi connectivity index (χ0) is 19.2. The first-order valence-corrected chi connectivity index (χ1v) is 9.22. The maximum absolute atomic E-state index is 13.1. The van der Waals surface area contributed by atoms with E-state index in [0.29, 0.717) is 19.4 Å². The Kier molecular flexibility index (Phi) is 4.63. The zero-order valence-corrected chi connectivity index (χ0v) is 15.1. The van der Waals surface area contributed by atoms with Crippen LogP contribution in [0, 0.1) is 0 Å². The van der Waals surface area contributed by atoms with Gasteiger partial charge in [0.15, 0.2) is 5.69 Å². The molecule has 1 amide bonds. The van der Waals surface area contributed by atoms with Crippen LogP contribution in [0.15, 0.2) is 18.2 Å². The molecule has 1 aliphatic heterocycles. The van der Waals surface area contributed by atoms with Gasteiger partial charge < -0.3 is 10.6 Å². The fraction of sp³-hybridized carbons (Fsp3) is 0.444. The van der Waals surface area contributed by atoms with Gasteiger partial charge in [-0.1, -0.05) is 11.6 Å². The Balaban J connectivity index is 1.73. The highest BCUT2D eigenvalue weighted by Gasteiger charge is 2.33. The molecule has 0 bridgehead atoms. The predicted octanol–water partition coefficient (Wildman–Crippen LogP) is 3.12. The molecule has 5 nitrogen and oxygen atoms in total. The van der Waals surface area contributed by atoms with Crippen molar-refractivity contribution in [1.29, 1.82) is 0 Å². The maximum atomic E-state index is 13.1. The Morgan fingerprint density at radius 2 is 2.15 bits per heavy atom. The van der Waals surface area contributed by atoms with E-state index >= 15 is 0 Å². The Hall–Kier alpha value is -2.06. The first-order chi connectivity index (χ1) is 12.8. The van der Waals surface area contributed by atoms with Crippen LogP contribution < -0.4 is 10.6 Å². The van der Waals surface area contributed by atoms with Crippen molar-refractivity contribution in [1.82, 2.24) is 20.4 Å². The summed E-state index contributed by atoms with van der Waals surface area (Å²) in [4.78, 5) is 12.7. The van der Waals surface area contributed by atoms with Crippen molar-refractivity contribution < 1.29 is 18.0 Å². The second kappa shape index (κ2) is 6.83. The topological polar surface area (TPSA) is 59.0 Å². The summed E-state index contributed by atoms with van der Waals surface area (Å²) in [5.74, 6) is -0.288. The van der Waals surface area contributed by atoms with Crippen LogP contribution in [0.4, 0.5) is 13.2 Å². The van der Waals surface area contributed by atoms with Crippen molar-refractivity contribution in [3.05, 3.63) is 45.7 Å². The summed E-state index contributed by atoms with van der Waals surface area (Å²) < 4.78 is 40.7. The fourth-order valence-corrected chi connectivity index (χ4v) is 3.90. The molecule has 0 radical (unpaired) electrons. The Morgan fingerprint density at radius 1 is 1.33 bits per heavy atom. The average molecular weight is 399 g/mol. The number of rotatable bonds is 3. The van der Waals surface area contributed by atoms with Crippen molar-refractivity contribution in [2.75, 3.05) is 13.1 Å². The lowest BCUT2D eigenvalue weighted by molar-refractivity contribution is -0.137. The highest BCUT2D eigenvalue weighted by Crippen LogP contribution is 2.35. The number of halogens is 4. The van der Waals surface area contributed by atoms with E-state index in [1.807, 2.05) is 0 Å². The molecule has 2 N–H and O–H groups in total. The fourth-order valence-electron chi connectivity index (χ4n) is 3.70. The average Bonchev–Trinajstić information content (AvgIpc) is 3.31. The molecule has 1 aromatic carbocycles. The Morgan fingerprint density at radius 3 is 2.85 bits per heavy atom. The number of carbonyl (C=O) groups excluding carboxylic acids is 1. The maximum Gasteiger partial charge on any atom is 0.416 e. The Bertz CT molecular complexity index is 887. The molecule has 1 unspecified atom stereocenters. The number of carbonyl (C=O) groups is 1. The van der Waals surface area contributed by atoms with E-state index in [2.05, 4.69) is 15.7 Å². The van der Waals surface area contributed by atoms with Crippen molar-refractivity contribution in [3.8, 4) is 5.69 Å². The summed E-state index contributed by atoms with van der Waals surface area (Å²) in [6.45, 7) is 1.55. The zero-order valence-electron chi connectivity index (χ0n) is 14.4. The third kappa shape index (κ3) is 3.43. The standard InChI is InChI=1S/C18H18ClF3N4O/c19-13-5-4-10(18(20,21)22)8-15(13)26-14-3-1-2-12(14)16(25-26)17(27)24-11-6-7-23-9-11/h4-5,8,11,23H,1-3,6-7,9H2,(H,24,27). The van der Waals surface area contributed by atoms with E-state index in [4.69, 9.17) is 11.6 Å². The van der Waals surface area contributed by atoms with Gasteiger partial charge in [0.1, 0.15) is 0 Å². The number of nitrogens with zero attached hydrogens (tertiary/aromatic N) is 2. The van der Waals surface area contributed by atoms with Crippen LogP contribution in [0.1, 0.15) is 40.2 Å². The van der Waals surface area contributed by atoms with Crippen LogP contribution >= 0.6 is 11.6 Å². The van der Waals surface area contributed by atoms with E-state index in [9.17, 15) is 18.0 Å². The van der Waals surface area contributed by atoms with Crippen molar-refractivity contribution in [3.63, 3.8) is 0 Å². The van der Waals surface area contributed by atoms with Gasteiger partial charge in [-0.25, -0.2) is 4.68 Å². The molecule has 1 atom stereocenters. The summed E-state index contributed by atoms with van der Waals surface area (Å²) >= 11 is 6.17. The number of fused-ring (bicyclic) bond motifs is 1.